The minimum atomic E-state index is -2.93. The lowest BCUT2D eigenvalue weighted by Crippen LogP contribution is -2.78. The van der Waals surface area contributed by atoms with Gasteiger partial charge in [0.25, 0.3) is 0 Å². The van der Waals surface area contributed by atoms with Crippen LogP contribution < -0.4 is 9.47 Å². The number of aliphatic hydroxyl groups excluding tert-OH is 7. The molecule has 0 aliphatic carbocycles. The summed E-state index contributed by atoms with van der Waals surface area (Å²) < 4.78 is 21.3. The molecule has 254 valence electrons. The summed E-state index contributed by atoms with van der Waals surface area (Å²) in [7, 11) is 2.73. The first-order valence-corrected chi connectivity index (χ1v) is 14.5. The van der Waals surface area contributed by atoms with Crippen molar-refractivity contribution in [1.82, 2.24) is 0 Å². The van der Waals surface area contributed by atoms with Crippen molar-refractivity contribution in [1.29, 1.82) is 0 Å². The van der Waals surface area contributed by atoms with E-state index in [9.17, 15) is 55.9 Å². The van der Waals surface area contributed by atoms with Crippen LogP contribution in [0.2, 0.25) is 0 Å². The molecular formula is C31H40O15. The van der Waals surface area contributed by atoms with Crippen molar-refractivity contribution in [2.75, 3.05) is 20.8 Å². The van der Waals surface area contributed by atoms with Crippen LogP contribution in [0.5, 0.6) is 23.0 Å². The predicted octanol–water partition coefficient (Wildman–Crippen LogP) is -2.25. The fourth-order valence-electron chi connectivity index (χ4n) is 5.83. The van der Waals surface area contributed by atoms with Gasteiger partial charge in [-0.2, -0.15) is 0 Å². The highest BCUT2D eigenvalue weighted by atomic mass is 16.6. The van der Waals surface area contributed by atoms with E-state index < -0.39 is 79.0 Å². The Hall–Kier alpha value is -3.35. The monoisotopic (exact) mass is 652 g/mol. The van der Waals surface area contributed by atoms with E-state index in [4.69, 9.17) is 18.9 Å². The maximum Gasteiger partial charge on any atom is 0.186 e. The SMILES string of the molecule is COc1ccc(C=CC(=O)C(O)[C@H]2OC(CCc3ccc(OC)c(O)c3)[C@H](O)[C@](O)(C3O[C@H](CO)[C@@H](O)[C@H](O)[C@H]3O)[C@@H]2O)cc1O. The molecule has 0 aromatic heterocycles. The number of phenols is 2. The summed E-state index contributed by atoms with van der Waals surface area (Å²) in [5.74, 6) is -1.00. The third-order valence-corrected chi connectivity index (χ3v) is 8.50. The number of aliphatic hydroxyl groups is 8. The molecule has 11 atom stereocenters. The Morgan fingerprint density at radius 2 is 1.52 bits per heavy atom. The smallest absolute Gasteiger partial charge is 0.186 e. The van der Waals surface area contributed by atoms with Crippen molar-refractivity contribution in [2.45, 2.75) is 79.5 Å². The highest BCUT2D eigenvalue weighted by Crippen LogP contribution is 2.41. The Labute approximate surface area is 263 Å². The summed E-state index contributed by atoms with van der Waals surface area (Å²) in [6, 6.07) is 8.76. The Kier molecular flexibility index (Phi) is 11.3. The lowest BCUT2D eigenvalue weighted by Gasteiger charge is -2.55. The van der Waals surface area contributed by atoms with Crippen LogP contribution in [0.1, 0.15) is 17.5 Å². The van der Waals surface area contributed by atoms with Gasteiger partial charge >= 0.3 is 0 Å². The van der Waals surface area contributed by atoms with E-state index >= 15 is 0 Å². The van der Waals surface area contributed by atoms with Crippen LogP contribution in [0, 0.1) is 0 Å². The minimum absolute atomic E-state index is 0.0950. The van der Waals surface area contributed by atoms with Gasteiger partial charge in [0.15, 0.2) is 28.8 Å². The molecule has 3 unspecified atom stereocenters. The highest BCUT2D eigenvalue weighted by Gasteiger charge is 2.65. The highest BCUT2D eigenvalue weighted by molar-refractivity contribution is 5.97. The van der Waals surface area contributed by atoms with Crippen molar-refractivity contribution in [2.24, 2.45) is 0 Å². The number of aryl methyl sites for hydroxylation is 1. The molecule has 2 heterocycles. The molecule has 2 saturated heterocycles. The average Bonchev–Trinajstić information content (AvgIpc) is 3.04. The van der Waals surface area contributed by atoms with Gasteiger partial charge in [0, 0.05) is 0 Å². The Balaban J connectivity index is 1.65. The van der Waals surface area contributed by atoms with Crippen molar-refractivity contribution < 1.29 is 74.8 Å². The van der Waals surface area contributed by atoms with E-state index in [2.05, 4.69) is 0 Å². The minimum Gasteiger partial charge on any atom is -0.504 e. The van der Waals surface area contributed by atoms with E-state index in [1.807, 2.05) is 0 Å². The maximum absolute atomic E-state index is 13.1. The molecule has 4 rings (SSSR count). The van der Waals surface area contributed by atoms with Gasteiger partial charge in [-0.1, -0.05) is 18.2 Å². The van der Waals surface area contributed by atoms with Gasteiger partial charge in [0.1, 0.15) is 60.5 Å². The average molecular weight is 653 g/mol. The van der Waals surface area contributed by atoms with Gasteiger partial charge in [0.2, 0.25) is 0 Å². The van der Waals surface area contributed by atoms with Crippen LogP contribution >= 0.6 is 0 Å². The lowest BCUT2D eigenvalue weighted by atomic mass is 9.71. The normalized spacial score (nSPS) is 33.9. The Morgan fingerprint density at radius 3 is 2.11 bits per heavy atom. The zero-order chi connectivity index (χ0) is 33.9. The second-order valence-corrected chi connectivity index (χ2v) is 11.3. The molecule has 15 nitrogen and oxygen atoms in total. The molecule has 2 aliphatic rings. The molecule has 0 amide bonds. The van der Waals surface area contributed by atoms with Crippen LogP contribution in [0.4, 0.5) is 0 Å². The topological polar surface area (TPSA) is 256 Å². The molecule has 15 heteroatoms. The number of rotatable bonds is 11. The Bertz CT molecular complexity index is 1380. The van der Waals surface area contributed by atoms with Crippen LogP contribution in [0.3, 0.4) is 0 Å². The van der Waals surface area contributed by atoms with Crippen molar-refractivity contribution >= 4 is 11.9 Å². The van der Waals surface area contributed by atoms with Gasteiger partial charge in [-0.15, -0.1) is 0 Å². The number of phenolic OH excluding ortho intramolecular Hbond substituents is 2. The number of benzene rings is 2. The molecular weight excluding hydrogens is 612 g/mol. The van der Waals surface area contributed by atoms with Crippen LogP contribution in [-0.2, 0) is 20.7 Å². The predicted molar refractivity (Wildman–Crippen MR) is 157 cm³/mol. The fraction of sp³-hybridized carbons (Fsp3) is 0.516. The standard InChI is InChI=1S/C31H40O15/c1-43-19-8-4-14(11-17(19)34)3-7-16(33)23(36)27-29(41)31(42,30-26(39)25(38)24(37)22(13-32)46-30)28(40)21(45-27)10-6-15-5-9-20(44-2)18(35)12-15/h3-5,7-9,11-12,21-30,32,34-42H,6,10,13H2,1-2H3/t21?,22-,23?,24-,25+,26-,27-,28+,29-,30?,31-/m1/s1. The molecule has 0 spiro atoms. The molecule has 2 aromatic rings. The third-order valence-electron chi connectivity index (χ3n) is 8.50. The summed E-state index contributed by atoms with van der Waals surface area (Å²) in [6.45, 7) is -0.874. The number of hydrogen-bond acceptors (Lipinski definition) is 15. The first-order valence-electron chi connectivity index (χ1n) is 14.5. The lowest BCUT2D eigenvalue weighted by molar-refractivity contribution is -0.347. The van der Waals surface area contributed by atoms with Gasteiger partial charge < -0.3 is 70.0 Å². The Morgan fingerprint density at radius 1 is 0.891 bits per heavy atom. The quantitative estimate of drug-likeness (QED) is 0.115. The molecule has 2 aliphatic heterocycles. The maximum atomic E-state index is 13.1. The number of carbonyl (C=O) groups is 1. The number of hydrogen-bond donors (Lipinski definition) is 10. The molecule has 0 saturated carbocycles. The van der Waals surface area contributed by atoms with E-state index in [-0.39, 0.29) is 35.8 Å². The zero-order valence-corrected chi connectivity index (χ0v) is 25.0. The largest absolute Gasteiger partial charge is 0.504 e. The molecule has 0 radical (unpaired) electrons. The van der Waals surface area contributed by atoms with E-state index in [0.717, 1.165) is 6.08 Å². The molecule has 10 N–H and O–H groups in total. The van der Waals surface area contributed by atoms with Gasteiger partial charge in [-0.25, -0.2) is 0 Å². The number of methoxy groups -OCH3 is 2. The molecule has 2 fully saturated rings. The number of ether oxygens (including phenoxy) is 4. The van der Waals surface area contributed by atoms with Crippen LogP contribution in [0.15, 0.2) is 42.5 Å². The van der Waals surface area contributed by atoms with Gasteiger partial charge in [-0.3, -0.25) is 4.79 Å². The third kappa shape index (κ3) is 6.84. The summed E-state index contributed by atoms with van der Waals surface area (Å²) in [6.07, 6.45) is -17.3. The van der Waals surface area contributed by atoms with Crippen molar-refractivity contribution in [3.05, 3.63) is 53.6 Å². The summed E-state index contributed by atoms with van der Waals surface area (Å²) in [5.41, 5.74) is -2.05. The van der Waals surface area contributed by atoms with Crippen molar-refractivity contribution in [3.63, 3.8) is 0 Å². The summed E-state index contributed by atoms with van der Waals surface area (Å²) in [4.78, 5) is 13.1. The number of carbonyl (C=O) groups excluding carboxylic acids is 1. The fourth-order valence-corrected chi connectivity index (χ4v) is 5.83. The molecule has 0 bridgehead atoms. The van der Waals surface area contributed by atoms with E-state index in [1.165, 1.54) is 50.6 Å². The first-order chi connectivity index (χ1) is 21.8. The van der Waals surface area contributed by atoms with E-state index in [0.29, 0.717) is 11.1 Å². The van der Waals surface area contributed by atoms with Crippen molar-refractivity contribution in [3.8, 4) is 23.0 Å². The number of aromatic hydroxyl groups is 2. The van der Waals surface area contributed by atoms with Crippen LogP contribution in [-0.4, -0.2) is 144 Å². The summed E-state index contributed by atoms with van der Waals surface area (Å²) in [5, 5.41) is 107. The second-order valence-electron chi connectivity index (χ2n) is 11.3. The zero-order valence-electron chi connectivity index (χ0n) is 25.0. The summed E-state index contributed by atoms with van der Waals surface area (Å²) >= 11 is 0. The van der Waals surface area contributed by atoms with Crippen LogP contribution in [0.25, 0.3) is 6.08 Å². The van der Waals surface area contributed by atoms with E-state index in [1.54, 1.807) is 6.07 Å². The molecule has 46 heavy (non-hydrogen) atoms. The first kappa shape index (κ1) is 35.5. The molecule has 2 aromatic carbocycles. The second kappa shape index (κ2) is 14.6. The number of ketones is 1. The van der Waals surface area contributed by atoms with Gasteiger partial charge in [-0.05, 0) is 54.3 Å². The van der Waals surface area contributed by atoms with Gasteiger partial charge in [0.05, 0.1) is 26.9 Å².